The van der Waals surface area contributed by atoms with Crippen LogP contribution >= 0.6 is 0 Å². The van der Waals surface area contributed by atoms with E-state index in [1.54, 1.807) is 0 Å². The number of aromatic hydroxyl groups is 1. The Kier molecular flexibility index (Phi) is 9.73. The molecular weight excluding hydrogens is 247 g/mol. The summed E-state index contributed by atoms with van der Waals surface area (Å²) in [6.07, 6.45) is 0. The zero-order chi connectivity index (χ0) is 15.6. The molecule has 0 unspecified atom stereocenters. The van der Waals surface area contributed by atoms with Crippen molar-refractivity contribution in [1.82, 2.24) is 0 Å². The summed E-state index contributed by atoms with van der Waals surface area (Å²) in [7, 11) is 1.20. The maximum atomic E-state index is 12.6. The Hall–Kier alpha value is -1.58. The van der Waals surface area contributed by atoms with E-state index in [-0.39, 0.29) is 5.56 Å². The second kappa shape index (κ2) is 9.36. The molecule has 1 aromatic rings. The summed E-state index contributed by atoms with van der Waals surface area (Å²) < 4.78 is 17.0. The molecule has 0 atom stereocenters. The van der Waals surface area contributed by atoms with Gasteiger partial charge in [-0.05, 0) is 23.6 Å². The molecule has 19 heavy (non-hydrogen) atoms. The van der Waals surface area contributed by atoms with Gasteiger partial charge < -0.3 is 9.84 Å². The summed E-state index contributed by atoms with van der Waals surface area (Å²) in [4.78, 5) is 10.8. The van der Waals surface area contributed by atoms with E-state index < -0.39 is 17.5 Å². The average Bonchev–Trinajstić information content (AvgIpc) is 2.32. The van der Waals surface area contributed by atoms with Gasteiger partial charge in [-0.15, -0.1) is 0 Å². The summed E-state index contributed by atoms with van der Waals surface area (Å²) in [6.45, 7) is 12.8. The zero-order valence-corrected chi connectivity index (χ0v) is 12.9. The lowest BCUT2D eigenvalue weighted by molar-refractivity contribution is 0.0600. The number of benzene rings is 1. The molecule has 0 fully saturated rings. The Morgan fingerprint density at radius 2 is 1.63 bits per heavy atom. The molecule has 110 valence electrons. The van der Waals surface area contributed by atoms with Crippen LogP contribution in [0.2, 0.25) is 0 Å². The highest BCUT2D eigenvalue weighted by Crippen LogP contribution is 2.16. The van der Waals surface area contributed by atoms with Gasteiger partial charge in [0.15, 0.2) is 11.6 Å². The molecule has 3 nitrogen and oxygen atoms in total. The fourth-order valence-electron chi connectivity index (χ4n) is 0.752. The van der Waals surface area contributed by atoms with Crippen LogP contribution in [0.4, 0.5) is 4.39 Å². The number of hydrogen-bond acceptors (Lipinski definition) is 3. The Balaban J connectivity index is 0. The van der Waals surface area contributed by atoms with Crippen molar-refractivity contribution in [2.24, 2.45) is 5.41 Å². The fraction of sp³-hybridized carbons (Fsp3) is 0.533. The molecule has 0 saturated carbocycles. The molecular formula is C15H25FO3. The Labute approximate surface area is 115 Å². The first-order valence-electron chi connectivity index (χ1n) is 6.22. The number of esters is 1. The maximum absolute atomic E-state index is 12.6. The van der Waals surface area contributed by atoms with Crippen molar-refractivity contribution in [2.45, 2.75) is 41.5 Å². The Morgan fingerprint density at radius 3 is 1.95 bits per heavy atom. The van der Waals surface area contributed by atoms with E-state index in [4.69, 9.17) is 5.11 Å². The smallest absolute Gasteiger partial charge is 0.337 e. The van der Waals surface area contributed by atoms with Crippen LogP contribution in [0.3, 0.4) is 0 Å². The van der Waals surface area contributed by atoms with Crippen LogP contribution in [-0.2, 0) is 4.74 Å². The summed E-state index contributed by atoms with van der Waals surface area (Å²) >= 11 is 0. The van der Waals surface area contributed by atoms with Gasteiger partial charge in [-0.3, -0.25) is 0 Å². The van der Waals surface area contributed by atoms with Gasteiger partial charge in [0.1, 0.15) is 0 Å². The fourth-order valence-corrected chi connectivity index (χ4v) is 0.752. The molecule has 0 amide bonds. The van der Waals surface area contributed by atoms with Gasteiger partial charge in [0, 0.05) is 0 Å². The average molecular weight is 272 g/mol. The molecule has 0 aromatic heterocycles. The molecule has 1 aromatic carbocycles. The van der Waals surface area contributed by atoms with Gasteiger partial charge in [-0.1, -0.05) is 41.5 Å². The number of ether oxygens (including phenoxy) is 1. The first-order valence-corrected chi connectivity index (χ1v) is 6.22. The largest absolute Gasteiger partial charge is 0.505 e. The number of halogens is 1. The third kappa shape index (κ3) is 11.3. The minimum atomic E-state index is -0.835. The number of phenols is 1. The van der Waals surface area contributed by atoms with Gasteiger partial charge in [0.25, 0.3) is 0 Å². The van der Waals surface area contributed by atoms with E-state index in [1.807, 2.05) is 13.8 Å². The lowest BCUT2D eigenvalue weighted by Crippen LogP contribution is -2.01. The van der Waals surface area contributed by atoms with Crippen molar-refractivity contribution >= 4 is 5.97 Å². The van der Waals surface area contributed by atoms with Crippen LogP contribution < -0.4 is 0 Å². The van der Waals surface area contributed by atoms with Crippen LogP contribution in [-0.4, -0.2) is 18.2 Å². The van der Waals surface area contributed by atoms with Crippen LogP contribution in [0.25, 0.3) is 0 Å². The van der Waals surface area contributed by atoms with Gasteiger partial charge >= 0.3 is 5.97 Å². The number of hydrogen-bond donors (Lipinski definition) is 1. The predicted molar refractivity (Wildman–Crippen MR) is 75.9 cm³/mol. The van der Waals surface area contributed by atoms with E-state index in [1.165, 1.54) is 13.2 Å². The van der Waals surface area contributed by atoms with Crippen molar-refractivity contribution in [3.8, 4) is 5.75 Å². The quantitative estimate of drug-likeness (QED) is 0.771. The van der Waals surface area contributed by atoms with Gasteiger partial charge in [0.2, 0.25) is 0 Å². The van der Waals surface area contributed by atoms with Crippen molar-refractivity contribution in [3.63, 3.8) is 0 Å². The first-order chi connectivity index (χ1) is 8.65. The molecule has 4 heteroatoms. The second-order valence-corrected chi connectivity index (χ2v) is 5.16. The molecule has 1 rings (SSSR count). The SMILES string of the molecule is CC.CC(C)(C)C.COC(=O)c1ccc(O)c(F)c1. The highest BCUT2D eigenvalue weighted by atomic mass is 19.1. The summed E-state index contributed by atoms with van der Waals surface area (Å²) in [5.74, 6) is -1.95. The van der Waals surface area contributed by atoms with E-state index >= 15 is 0 Å². The molecule has 0 aliphatic heterocycles. The number of rotatable bonds is 1. The number of phenolic OH excluding ortho intramolecular Hbond substituents is 1. The summed E-state index contributed by atoms with van der Waals surface area (Å²) in [5, 5.41) is 8.77. The van der Waals surface area contributed by atoms with Crippen LogP contribution in [0.1, 0.15) is 51.9 Å². The molecule has 1 N–H and O–H groups in total. The van der Waals surface area contributed by atoms with Gasteiger partial charge in [0.05, 0.1) is 12.7 Å². The molecule has 0 saturated heterocycles. The molecule has 0 radical (unpaired) electrons. The number of carbonyl (C=O) groups is 1. The lowest BCUT2D eigenvalue weighted by atomic mass is 10.0. The molecule has 0 spiro atoms. The Bertz CT molecular complexity index is 375. The normalized spacial score (nSPS) is 9.47. The van der Waals surface area contributed by atoms with E-state index in [9.17, 15) is 9.18 Å². The van der Waals surface area contributed by atoms with Crippen molar-refractivity contribution in [2.75, 3.05) is 7.11 Å². The number of carbonyl (C=O) groups excluding carboxylic acids is 1. The Morgan fingerprint density at radius 1 is 1.21 bits per heavy atom. The van der Waals surface area contributed by atoms with Crippen molar-refractivity contribution in [1.29, 1.82) is 0 Å². The highest BCUT2D eigenvalue weighted by molar-refractivity contribution is 5.89. The molecule has 0 heterocycles. The minimum Gasteiger partial charge on any atom is -0.505 e. The third-order valence-corrected chi connectivity index (χ3v) is 1.37. The topological polar surface area (TPSA) is 46.5 Å². The van der Waals surface area contributed by atoms with E-state index in [0.717, 1.165) is 12.1 Å². The highest BCUT2D eigenvalue weighted by Gasteiger charge is 2.08. The molecule has 0 bridgehead atoms. The van der Waals surface area contributed by atoms with Crippen LogP contribution in [0.5, 0.6) is 5.75 Å². The van der Waals surface area contributed by atoms with Gasteiger partial charge in [-0.25, -0.2) is 9.18 Å². The maximum Gasteiger partial charge on any atom is 0.337 e. The molecule has 0 aliphatic carbocycles. The monoisotopic (exact) mass is 272 g/mol. The standard InChI is InChI=1S/C8H7FO3.C5H12.C2H6/c1-12-8(11)5-2-3-7(10)6(9)4-5;1-5(2,3)4;1-2/h2-4,10H,1H3;1-4H3;1-2H3. The number of methoxy groups -OCH3 is 1. The van der Waals surface area contributed by atoms with Gasteiger partial charge in [-0.2, -0.15) is 0 Å². The summed E-state index contributed by atoms with van der Waals surface area (Å²) in [6, 6.07) is 3.30. The molecule has 0 aliphatic rings. The zero-order valence-electron chi connectivity index (χ0n) is 12.9. The lowest BCUT2D eigenvalue weighted by Gasteiger charge is -2.05. The summed E-state index contributed by atoms with van der Waals surface area (Å²) in [5.41, 5.74) is 0.577. The minimum absolute atomic E-state index is 0.0767. The third-order valence-electron chi connectivity index (χ3n) is 1.37. The van der Waals surface area contributed by atoms with Crippen LogP contribution in [0, 0.1) is 11.2 Å². The van der Waals surface area contributed by atoms with Crippen molar-refractivity contribution < 1.29 is 19.0 Å². The predicted octanol–water partition coefficient (Wildman–Crippen LogP) is 4.40. The first kappa shape index (κ1) is 19.8. The van der Waals surface area contributed by atoms with E-state index in [2.05, 4.69) is 32.4 Å². The van der Waals surface area contributed by atoms with Crippen molar-refractivity contribution in [3.05, 3.63) is 29.6 Å². The van der Waals surface area contributed by atoms with Crippen LogP contribution in [0.15, 0.2) is 18.2 Å². The van der Waals surface area contributed by atoms with E-state index in [0.29, 0.717) is 5.41 Å². The second-order valence-electron chi connectivity index (χ2n) is 5.16.